The van der Waals surface area contributed by atoms with Gasteiger partial charge < -0.3 is 15.2 Å². The number of carbonyl (C=O) groups is 1. The van der Waals surface area contributed by atoms with Gasteiger partial charge in [-0.1, -0.05) is 12.2 Å². The zero-order valence-corrected chi connectivity index (χ0v) is 14.2. The number of aromatic nitrogens is 2. The maximum absolute atomic E-state index is 12.5. The van der Waals surface area contributed by atoms with Crippen molar-refractivity contribution in [3.63, 3.8) is 0 Å². The van der Waals surface area contributed by atoms with Crippen LogP contribution in [0.15, 0.2) is 18.5 Å². The van der Waals surface area contributed by atoms with Crippen molar-refractivity contribution >= 4 is 18.1 Å². The van der Waals surface area contributed by atoms with Crippen LogP contribution >= 0.6 is 0 Å². The maximum atomic E-state index is 12.5. The molecule has 0 aromatic carbocycles. The number of ether oxygens (including phenoxy) is 2. The second-order valence-corrected chi connectivity index (χ2v) is 6.91. The van der Waals surface area contributed by atoms with Gasteiger partial charge >= 0.3 is 6.09 Å². The van der Waals surface area contributed by atoms with Crippen molar-refractivity contribution in [1.82, 2.24) is 14.9 Å². The molecule has 7 heteroatoms. The highest BCUT2D eigenvalue weighted by Crippen LogP contribution is 2.30. The molecule has 7 nitrogen and oxygen atoms in total. The first-order valence-electron chi connectivity index (χ1n) is 7.50. The first-order valence-corrected chi connectivity index (χ1v) is 7.50. The van der Waals surface area contributed by atoms with Gasteiger partial charge in [0, 0.05) is 18.0 Å². The van der Waals surface area contributed by atoms with Crippen molar-refractivity contribution in [1.29, 1.82) is 0 Å². The first kappa shape index (κ1) is 17.2. The smallest absolute Gasteiger partial charge is 0.413 e. The predicted octanol–water partition coefficient (Wildman–Crippen LogP) is 2.44. The van der Waals surface area contributed by atoms with Crippen LogP contribution in [0.4, 0.5) is 10.7 Å². The highest BCUT2D eigenvalue weighted by atomic mass is 16.6. The van der Waals surface area contributed by atoms with E-state index in [1.807, 2.05) is 46.8 Å². The fraction of sp³-hybridized carbons (Fsp3) is 0.562. The molecule has 1 amide bonds. The number of nitrogens with zero attached hydrogens (tertiary/aromatic N) is 3. The average molecular weight is 320 g/mol. The minimum Gasteiger partial charge on any atom is -0.444 e. The molecule has 0 saturated carbocycles. The second kappa shape index (κ2) is 6.16. The molecule has 23 heavy (non-hydrogen) atoms. The van der Waals surface area contributed by atoms with Crippen molar-refractivity contribution in [3.05, 3.63) is 24.0 Å². The number of nitrogen functional groups attached to an aromatic ring is 1. The van der Waals surface area contributed by atoms with Crippen molar-refractivity contribution in [2.45, 2.75) is 52.0 Å². The molecular formula is C16H24N4O3. The number of nitrogens with two attached hydrogens (primary N) is 1. The van der Waals surface area contributed by atoms with Crippen LogP contribution in [0.25, 0.3) is 6.08 Å². The van der Waals surface area contributed by atoms with E-state index >= 15 is 0 Å². The van der Waals surface area contributed by atoms with Crippen LogP contribution in [0.1, 0.15) is 40.2 Å². The Balaban J connectivity index is 2.16. The lowest BCUT2D eigenvalue weighted by atomic mass is 10.1. The van der Waals surface area contributed by atoms with Gasteiger partial charge in [0.05, 0.1) is 12.6 Å². The summed E-state index contributed by atoms with van der Waals surface area (Å²) in [6.07, 6.45) is 6.57. The van der Waals surface area contributed by atoms with Gasteiger partial charge in [0.15, 0.2) is 0 Å². The molecule has 1 aliphatic heterocycles. The van der Waals surface area contributed by atoms with Gasteiger partial charge in [0.2, 0.25) is 5.95 Å². The molecule has 0 radical (unpaired) electrons. The normalized spacial score (nSPS) is 20.9. The summed E-state index contributed by atoms with van der Waals surface area (Å²) in [5.41, 5.74) is 4.98. The maximum Gasteiger partial charge on any atom is 0.413 e. The third kappa shape index (κ3) is 4.41. The van der Waals surface area contributed by atoms with E-state index in [4.69, 9.17) is 15.2 Å². The Morgan fingerprint density at radius 1 is 1.43 bits per heavy atom. The fourth-order valence-corrected chi connectivity index (χ4v) is 2.30. The zero-order valence-electron chi connectivity index (χ0n) is 14.2. The number of carbonyl (C=O) groups excluding carboxylic acids is 1. The van der Waals surface area contributed by atoms with Gasteiger partial charge in [-0.25, -0.2) is 14.8 Å². The second-order valence-electron chi connectivity index (χ2n) is 6.91. The predicted molar refractivity (Wildman–Crippen MR) is 87.4 cm³/mol. The van der Waals surface area contributed by atoms with Gasteiger partial charge in [0.1, 0.15) is 11.3 Å². The van der Waals surface area contributed by atoms with E-state index in [0.717, 1.165) is 5.56 Å². The van der Waals surface area contributed by atoms with Crippen LogP contribution in [0.5, 0.6) is 0 Å². The fourth-order valence-electron chi connectivity index (χ4n) is 2.30. The third-order valence-electron chi connectivity index (χ3n) is 3.31. The summed E-state index contributed by atoms with van der Waals surface area (Å²) in [4.78, 5) is 22.0. The van der Waals surface area contributed by atoms with E-state index in [1.54, 1.807) is 17.3 Å². The molecule has 0 bridgehead atoms. The molecule has 0 aliphatic carbocycles. The third-order valence-corrected chi connectivity index (χ3v) is 3.31. The van der Waals surface area contributed by atoms with E-state index in [0.29, 0.717) is 6.61 Å². The van der Waals surface area contributed by atoms with Crippen LogP contribution in [0, 0.1) is 0 Å². The summed E-state index contributed by atoms with van der Waals surface area (Å²) in [6, 6.07) is -0.225. The minimum atomic E-state index is -0.727. The Bertz CT molecular complexity index is 590. The summed E-state index contributed by atoms with van der Waals surface area (Å²) in [5, 5.41) is 0. The molecule has 1 aromatic rings. The molecule has 126 valence electrons. The standard InChI is InChI=1S/C16H24N4O3/c1-15(2,3)23-14(21)20-12(10-22-16(20,4)5)7-6-11-8-18-13(17)19-9-11/h6-9,12H,10H2,1-5H3,(H2,17,18,19)/b7-6+/t12-/m0/s1. The van der Waals surface area contributed by atoms with E-state index in [-0.39, 0.29) is 12.0 Å². The molecular weight excluding hydrogens is 296 g/mol. The highest BCUT2D eigenvalue weighted by Gasteiger charge is 2.44. The Morgan fingerprint density at radius 2 is 2.04 bits per heavy atom. The SMILES string of the molecule is CC(C)(C)OC(=O)N1[C@@H](/C=C/c2cnc(N)nc2)COC1(C)C. The lowest BCUT2D eigenvalue weighted by molar-refractivity contribution is -0.0610. The monoisotopic (exact) mass is 320 g/mol. The molecule has 1 atom stereocenters. The molecule has 2 N–H and O–H groups in total. The minimum absolute atomic E-state index is 0.225. The van der Waals surface area contributed by atoms with Gasteiger partial charge in [-0.15, -0.1) is 0 Å². The summed E-state index contributed by atoms with van der Waals surface area (Å²) >= 11 is 0. The Hall–Kier alpha value is -2.15. The topological polar surface area (TPSA) is 90.6 Å². The molecule has 1 saturated heterocycles. The van der Waals surface area contributed by atoms with Gasteiger partial charge in [-0.05, 0) is 34.6 Å². The van der Waals surface area contributed by atoms with Crippen LogP contribution in [0.3, 0.4) is 0 Å². The largest absolute Gasteiger partial charge is 0.444 e. The van der Waals surface area contributed by atoms with Crippen LogP contribution in [-0.2, 0) is 9.47 Å². The highest BCUT2D eigenvalue weighted by molar-refractivity contribution is 5.70. The van der Waals surface area contributed by atoms with Gasteiger partial charge in [-0.3, -0.25) is 4.90 Å². The number of hydrogen-bond acceptors (Lipinski definition) is 6. The van der Waals surface area contributed by atoms with Crippen molar-refractivity contribution in [2.24, 2.45) is 0 Å². The Labute approximate surface area is 136 Å². The van der Waals surface area contributed by atoms with Crippen molar-refractivity contribution < 1.29 is 14.3 Å². The molecule has 0 spiro atoms. The van der Waals surface area contributed by atoms with Gasteiger partial charge in [0.25, 0.3) is 0 Å². The summed E-state index contributed by atoms with van der Waals surface area (Å²) in [7, 11) is 0. The van der Waals surface area contributed by atoms with Crippen molar-refractivity contribution in [2.75, 3.05) is 12.3 Å². The number of hydrogen-bond donors (Lipinski definition) is 1. The molecule has 1 fully saturated rings. The quantitative estimate of drug-likeness (QED) is 0.900. The van der Waals surface area contributed by atoms with E-state index < -0.39 is 17.4 Å². The van der Waals surface area contributed by atoms with E-state index in [2.05, 4.69) is 9.97 Å². The number of rotatable bonds is 2. The zero-order chi connectivity index (χ0) is 17.3. The molecule has 2 rings (SSSR count). The van der Waals surface area contributed by atoms with E-state index in [9.17, 15) is 4.79 Å². The first-order chi connectivity index (χ1) is 10.6. The molecule has 1 aromatic heterocycles. The average Bonchev–Trinajstić information content (AvgIpc) is 2.71. The lowest BCUT2D eigenvalue weighted by Crippen LogP contribution is -2.49. The van der Waals surface area contributed by atoms with Gasteiger partial charge in [-0.2, -0.15) is 0 Å². The molecule has 0 unspecified atom stereocenters. The summed E-state index contributed by atoms with van der Waals surface area (Å²) in [5.74, 6) is 0.225. The Kier molecular flexibility index (Phi) is 4.61. The van der Waals surface area contributed by atoms with Crippen LogP contribution in [0.2, 0.25) is 0 Å². The number of amides is 1. The number of anilines is 1. The lowest BCUT2D eigenvalue weighted by Gasteiger charge is -2.34. The van der Waals surface area contributed by atoms with Crippen LogP contribution < -0.4 is 5.73 Å². The Morgan fingerprint density at radius 3 is 2.61 bits per heavy atom. The molecule has 2 heterocycles. The van der Waals surface area contributed by atoms with Crippen molar-refractivity contribution in [3.8, 4) is 0 Å². The van der Waals surface area contributed by atoms with Crippen LogP contribution in [-0.4, -0.2) is 44.9 Å². The molecule has 1 aliphatic rings. The summed E-state index contributed by atoms with van der Waals surface area (Å²) in [6.45, 7) is 9.61. The summed E-state index contributed by atoms with van der Waals surface area (Å²) < 4.78 is 11.2. The van der Waals surface area contributed by atoms with E-state index in [1.165, 1.54) is 0 Å².